The summed E-state index contributed by atoms with van der Waals surface area (Å²) in [5.41, 5.74) is 8.59. The van der Waals surface area contributed by atoms with E-state index in [1.807, 2.05) is 74.5 Å². The van der Waals surface area contributed by atoms with Crippen LogP contribution in [0.5, 0.6) is 0 Å². The zero-order chi connectivity index (χ0) is 24.8. The van der Waals surface area contributed by atoms with Crippen LogP contribution < -0.4 is 11.1 Å². The highest BCUT2D eigenvalue weighted by Gasteiger charge is 2.28. The number of aromatic nitrogens is 1. The molecule has 1 saturated heterocycles. The van der Waals surface area contributed by atoms with Gasteiger partial charge in [0.1, 0.15) is 0 Å². The minimum absolute atomic E-state index is 0.00804. The first-order chi connectivity index (χ1) is 16.8. The number of hydrogen-bond donors (Lipinski definition) is 2. The van der Waals surface area contributed by atoms with Crippen molar-refractivity contribution in [3.63, 3.8) is 0 Å². The lowest BCUT2D eigenvalue weighted by atomic mass is 9.80. The number of anilines is 1. The van der Waals surface area contributed by atoms with Crippen LogP contribution in [0.1, 0.15) is 41.0 Å². The summed E-state index contributed by atoms with van der Waals surface area (Å²) in [4.78, 5) is 22.1. The van der Waals surface area contributed by atoms with E-state index >= 15 is 0 Å². The van der Waals surface area contributed by atoms with Crippen molar-refractivity contribution in [3.05, 3.63) is 83.0 Å². The number of carbonyl (C=O) groups is 1. The summed E-state index contributed by atoms with van der Waals surface area (Å²) in [7, 11) is 2.14. The van der Waals surface area contributed by atoms with Gasteiger partial charge < -0.3 is 15.2 Å². The number of rotatable bonds is 8. The second-order valence-electron chi connectivity index (χ2n) is 9.51. The Hall–Kier alpha value is -3.49. The first kappa shape index (κ1) is 24.6. The summed E-state index contributed by atoms with van der Waals surface area (Å²) in [6.45, 7) is 9.87. The summed E-state index contributed by atoms with van der Waals surface area (Å²) in [5, 5.41) is 7.26. The molecule has 0 aliphatic carbocycles. The van der Waals surface area contributed by atoms with Gasteiger partial charge in [0.15, 0.2) is 11.7 Å². The van der Waals surface area contributed by atoms with Crippen molar-refractivity contribution in [1.82, 2.24) is 15.0 Å². The molecule has 3 aromatic rings. The van der Waals surface area contributed by atoms with Gasteiger partial charge in [-0.1, -0.05) is 67.5 Å². The Labute approximate surface area is 206 Å². The second kappa shape index (κ2) is 10.8. The molecule has 1 aliphatic rings. The fraction of sp³-hybridized carbons (Fsp3) is 0.370. The molecule has 3 N–H and O–H groups in total. The zero-order valence-electron chi connectivity index (χ0n) is 20.7. The quantitative estimate of drug-likeness (QED) is 0.294. The van der Waals surface area contributed by atoms with Gasteiger partial charge >= 0.3 is 0 Å². The third-order valence-electron chi connectivity index (χ3n) is 6.58. The van der Waals surface area contributed by atoms with E-state index in [4.69, 9.17) is 10.3 Å². The molecule has 0 unspecified atom stereocenters. The lowest BCUT2D eigenvalue weighted by Crippen LogP contribution is -2.45. The minimum Gasteiger partial charge on any atom is -0.370 e. The highest BCUT2D eigenvalue weighted by Crippen LogP contribution is 2.32. The predicted octanol–water partition coefficient (Wildman–Crippen LogP) is 3.21. The molecule has 2 aromatic carbocycles. The van der Waals surface area contributed by atoms with Crippen molar-refractivity contribution >= 4 is 17.6 Å². The number of hydrogen-bond acceptors (Lipinski definition) is 6. The Morgan fingerprint density at radius 3 is 2.51 bits per heavy atom. The van der Waals surface area contributed by atoms with Crippen molar-refractivity contribution in [1.29, 1.82) is 0 Å². The van der Waals surface area contributed by atoms with Crippen molar-refractivity contribution < 1.29 is 9.32 Å². The monoisotopic (exact) mass is 474 g/mol. The van der Waals surface area contributed by atoms with Crippen LogP contribution in [-0.4, -0.2) is 73.0 Å². The highest BCUT2D eigenvalue weighted by atomic mass is 16.5. The fourth-order valence-electron chi connectivity index (χ4n) is 4.13. The third-order valence-corrected chi connectivity index (χ3v) is 6.58. The maximum absolute atomic E-state index is 12.9. The molecular formula is C27H34N6O2. The van der Waals surface area contributed by atoms with Gasteiger partial charge in [0.2, 0.25) is 5.88 Å². The molecule has 184 valence electrons. The van der Waals surface area contributed by atoms with Crippen LogP contribution >= 0.6 is 0 Å². The maximum Gasteiger partial charge on any atom is 0.231 e. The van der Waals surface area contributed by atoms with Gasteiger partial charge in [-0.2, -0.15) is 0 Å². The Bertz CT molecular complexity index is 1160. The Morgan fingerprint density at radius 1 is 1.06 bits per heavy atom. The third kappa shape index (κ3) is 6.15. The predicted molar refractivity (Wildman–Crippen MR) is 139 cm³/mol. The van der Waals surface area contributed by atoms with E-state index in [1.165, 1.54) is 0 Å². The Kier molecular flexibility index (Phi) is 7.63. The SMILES string of the molecule is CN1CCN(CCN=C(N)Nc2cc(C(C)(C)c3cccc(C(=O)c4ccccc4)c3)no2)CC1. The molecule has 0 radical (unpaired) electrons. The van der Waals surface area contributed by atoms with Crippen LogP contribution in [0.4, 0.5) is 5.88 Å². The van der Waals surface area contributed by atoms with Gasteiger partial charge in [-0.3, -0.25) is 20.0 Å². The van der Waals surface area contributed by atoms with E-state index in [9.17, 15) is 4.79 Å². The van der Waals surface area contributed by atoms with Crippen molar-refractivity contribution in [2.75, 3.05) is 51.6 Å². The lowest BCUT2D eigenvalue weighted by molar-refractivity contribution is 0.103. The van der Waals surface area contributed by atoms with Gasteiger partial charge in [0, 0.05) is 55.3 Å². The molecule has 0 bridgehead atoms. The van der Waals surface area contributed by atoms with Gasteiger partial charge in [-0.25, -0.2) is 0 Å². The number of guanidine groups is 1. The van der Waals surface area contributed by atoms with Gasteiger partial charge in [-0.15, -0.1) is 0 Å². The fourth-order valence-corrected chi connectivity index (χ4v) is 4.13. The standard InChI is InChI=1S/C27H34N6O2/c1-27(2,22-11-7-10-21(18-22)25(34)20-8-5-4-6-9-20)23-19-24(35-31-23)30-26(28)29-12-13-33-16-14-32(3)15-17-33/h4-11,18-19H,12-17H2,1-3H3,(H3,28,29,30). The minimum atomic E-state index is -0.482. The van der Waals surface area contributed by atoms with E-state index in [0.717, 1.165) is 44.0 Å². The molecule has 0 atom stereocenters. The first-order valence-electron chi connectivity index (χ1n) is 12.0. The van der Waals surface area contributed by atoms with Crippen LogP contribution in [0.3, 0.4) is 0 Å². The average molecular weight is 475 g/mol. The number of nitrogens with two attached hydrogens (primary N) is 1. The van der Waals surface area contributed by atoms with E-state index in [2.05, 4.69) is 32.3 Å². The average Bonchev–Trinajstić information content (AvgIpc) is 3.35. The normalized spacial score (nSPS) is 15.8. The summed E-state index contributed by atoms with van der Waals surface area (Å²) in [6, 6.07) is 18.8. The molecule has 4 rings (SSSR count). The largest absolute Gasteiger partial charge is 0.370 e. The smallest absolute Gasteiger partial charge is 0.231 e. The Balaban J connectivity index is 1.39. The van der Waals surface area contributed by atoms with Gasteiger partial charge in [-0.05, 0) is 18.7 Å². The van der Waals surface area contributed by atoms with E-state index in [1.54, 1.807) is 0 Å². The molecule has 1 fully saturated rings. The number of ketones is 1. The zero-order valence-corrected chi connectivity index (χ0v) is 20.7. The molecule has 0 spiro atoms. The van der Waals surface area contributed by atoms with Crippen LogP contribution in [0.15, 0.2) is 70.2 Å². The van der Waals surface area contributed by atoms with Crippen LogP contribution in [-0.2, 0) is 5.41 Å². The summed E-state index contributed by atoms with van der Waals surface area (Å²) in [6.07, 6.45) is 0. The molecule has 0 amide bonds. The number of piperazine rings is 1. The summed E-state index contributed by atoms with van der Waals surface area (Å²) < 4.78 is 5.49. The maximum atomic E-state index is 12.9. The van der Waals surface area contributed by atoms with Crippen molar-refractivity contribution in [3.8, 4) is 0 Å². The Morgan fingerprint density at radius 2 is 1.77 bits per heavy atom. The van der Waals surface area contributed by atoms with Gasteiger partial charge in [0.05, 0.1) is 12.2 Å². The molecule has 1 aliphatic heterocycles. The number of benzene rings is 2. The van der Waals surface area contributed by atoms with Crippen LogP contribution in [0.25, 0.3) is 0 Å². The van der Waals surface area contributed by atoms with Crippen LogP contribution in [0.2, 0.25) is 0 Å². The highest BCUT2D eigenvalue weighted by molar-refractivity contribution is 6.09. The number of nitrogens with zero attached hydrogens (tertiary/aromatic N) is 4. The number of aliphatic imine (C=N–C) groups is 1. The van der Waals surface area contributed by atoms with Crippen molar-refractivity contribution in [2.24, 2.45) is 10.7 Å². The van der Waals surface area contributed by atoms with Crippen molar-refractivity contribution in [2.45, 2.75) is 19.3 Å². The lowest BCUT2D eigenvalue weighted by Gasteiger charge is -2.31. The summed E-state index contributed by atoms with van der Waals surface area (Å²) >= 11 is 0. The second-order valence-corrected chi connectivity index (χ2v) is 9.51. The molecule has 0 saturated carbocycles. The van der Waals surface area contributed by atoms with E-state index in [-0.39, 0.29) is 5.78 Å². The molecule has 2 heterocycles. The first-order valence-corrected chi connectivity index (χ1v) is 12.0. The molecule has 8 nitrogen and oxygen atoms in total. The number of nitrogens with one attached hydrogen (secondary N) is 1. The molecule has 1 aromatic heterocycles. The molecular weight excluding hydrogens is 440 g/mol. The van der Waals surface area contributed by atoms with Crippen LogP contribution in [0, 0.1) is 0 Å². The number of likely N-dealkylation sites (N-methyl/N-ethyl adjacent to an activating group) is 1. The molecule has 35 heavy (non-hydrogen) atoms. The topological polar surface area (TPSA) is 100.0 Å². The molecule has 8 heteroatoms. The van der Waals surface area contributed by atoms with Gasteiger partial charge in [0.25, 0.3) is 0 Å². The van der Waals surface area contributed by atoms with E-state index in [0.29, 0.717) is 29.5 Å². The summed E-state index contributed by atoms with van der Waals surface area (Å²) in [5.74, 6) is 0.729. The number of carbonyl (C=O) groups excluding carboxylic acids is 1. The van der Waals surface area contributed by atoms with E-state index < -0.39 is 5.41 Å².